The Morgan fingerprint density at radius 1 is 0.960 bits per heavy atom. The number of ether oxygens (including phenoxy) is 1. The molecule has 0 bridgehead atoms. The van der Waals surface area contributed by atoms with E-state index in [2.05, 4.69) is 35.8 Å². The van der Waals surface area contributed by atoms with Crippen molar-refractivity contribution >= 4 is 22.4 Å². The molecule has 126 valence electrons. The normalized spacial score (nSPS) is 16.0. The first-order valence-electron chi connectivity index (χ1n) is 8.59. The number of rotatable bonds is 4. The van der Waals surface area contributed by atoms with Gasteiger partial charge in [-0.3, -0.25) is 4.79 Å². The van der Waals surface area contributed by atoms with Gasteiger partial charge in [0.05, 0.1) is 12.2 Å². The molecule has 1 atom stereocenters. The topological polar surface area (TPSA) is 50.4 Å². The number of carbonyl (C=O) groups is 1. The van der Waals surface area contributed by atoms with E-state index < -0.39 is 0 Å². The van der Waals surface area contributed by atoms with Gasteiger partial charge in [0, 0.05) is 11.3 Å². The summed E-state index contributed by atoms with van der Waals surface area (Å²) in [5.74, 6) is 0.728. The minimum Gasteiger partial charge on any atom is -0.493 e. The molecule has 3 aromatic rings. The lowest BCUT2D eigenvalue weighted by Gasteiger charge is -2.30. The van der Waals surface area contributed by atoms with Crippen molar-refractivity contribution in [2.75, 3.05) is 11.9 Å². The molecular weight excluding hydrogens is 312 g/mol. The molecule has 1 heterocycles. The highest BCUT2D eigenvalue weighted by Gasteiger charge is 2.27. The van der Waals surface area contributed by atoms with Crippen LogP contribution in [0.5, 0.6) is 5.75 Å². The van der Waals surface area contributed by atoms with Gasteiger partial charge in [0.1, 0.15) is 11.9 Å². The highest BCUT2D eigenvalue weighted by molar-refractivity contribution is 6.02. The van der Waals surface area contributed by atoms with E-state index in [0.29, 0.717) is 12.2 Å². The fourth-order valence-electron chi connectivity index (χ4n) is 3.26. The number of nitrogens with one attached hydrogen (secondary N) is 2. The van der Waals surface area contributed by atoms with E-state index in [-0.39, 0.29) is 12.1 Å². The largest absolute Gasteiger partial charge is 0.493 e. The van der Waals surface area contributed by atoms with Crippen LogP contribution < -0.4 is 15.4 Å². The van der Waals surface area contributed by atoms with Gasteiger partial charge < -0.3 is 15.4 Å². The van der Waals surface area contributed by atoms with Gasteiger partial charge in [0.2, 0.25) is 0 Å². The van der Waals surface area contributed by atoms with Crippen LogP contribution in [0.4, 0.5) is 5.69 Å². The third-order valence-corrected chi connectivity index (χ3v) is 4.43. The number of benzene rings is 3. The van der Waals surface area contributed by atoms with E-state index in [1.807, 2.05) is 42.5 Å². The molecule has 4 heteroatoms. The Balaban J connectivity index is 1.84. The predicted octanol–water partition coefficient (Wildman–Crippen LogP) is 4.48. The summed E-state index contributed by atoms with van der Waals surface area (Å²) in [7, 11) is 0. The summed E-state index contributed by atoms with van der Waals surface area (Å²) >= 11 is 0. The molecular formula is C21H20N2O2. The second kappa shape index (κ2) is 6.48. The van der Waals surface area contributed by atoms with Gasteiger partial charge in [0.25, 0.3) is 5.91 Å². The number of para-hydroxylation sites is 1. The first kappa shape index (κ1) is 15.5. The SMILES string of the molecule is CCCOc1ccc2ccccc2c1C1NC(=O)c2ccccc2N1. The van der Waals surface area contributed by atoms with Crippen molar-refractivity contribution < 1.29 is 9.53 Å². The van der Waals surface area contributed by atoms with Crippen molar-refractivity contribution in [2.24, 2.45) is 0 Å². The van der Waals surface area contributed by atoms with Crippen LogP contribution in [0.15, 0.2) is 60.7 Å². The van der Waals surface area contributed by atoms with Crippen LogP contribution in [0.1, 0.15) is 35.4 Å². The first-order valence-corrected chi connectivity index (χ1v) is 8.59. The average molecular weight is 332 g/mol. The van der Waals surface area contributed by atoms with Gasteiger partial charge in [-0.05, 0) is 35.4 Å². The molecule has 0 spiro atoms. The molecule has 1 aliphatic rings. The van der Waals surface area contributed by atoms with Crippen molar-refractivity contribution in [3.8, 4) is 5.75 Å². The number of fused-ring (bicyclic) bond motifs is 2. The van der Waals surface area contributed by atoms with E-state index in [1.54, 1.807) is 0 Å². The van der Waals surface area contributed by atoms with Gasteiger partial charge in [-0.1, -0.05) is 49.4 Å². The third kappa shape index (κ3) is 2.80. The Morgan fingerprint density at radius 3 is 2.64 bits per heavy atom. The van der Waals surface area contributed by atoms with E-state index >= 15 is 0 Å². The summed E-state index contributed by atoms with van der Waals surface area (Å²) in [6.07, 6.45) is 0.597. The van der Waals surface area contributed by atoms with Crippen molar-refractivity contribution in [3.63, 3.8) is 0 Å². The monoisotopic (exact) mass is 332 g/mol. The molecule has 3 aromatic carbocycles. The average Bonchev–Trinajstić information content (AvgIpc) is 2.65. The Hall–Kier alpha value is -3.01. The van der Waals surface area contributed by atoms with Gasteiger partial charge in [-0.25, -0.2) is 0 Å². The second-order valence-electron chi connectivity index (χ2n) is 6.14. The van der Waals surface area contributed by atoms with E-state index in [0.717, 1.165) is 34.2 Å². The Morgan fingerprint density at radius 2 is 1.76 bits per heavy atom. The Labute approximate surface area is 146 Å². The van der Waals surface area contributed by atoms with E-state index in [9.17, 15) is 4.79 Å². The van der Waals surface area contributed by atoms with Crippen molar-refractivity contribution in [1.82, 2.24) is 5.32 Å². The van der Waals surface area contributed by atoms with E-state index in [1.165, 1.54) is 0 Å². The quantitative estimate of drug-likeness (QED) is 0.740. The lowest BCUT2D eigenvalue weighted by atomic mass is 9.98. The molecule has 2 N–H and O–H groups in total. The summed E-state index contributed by atoms with van der Waals surface area (Å²) in [6.45, 7) is 2.72. The standard InChI is InChI=1S/C21H20N2O2/c1-2-13-25-18-12-11-14-7-3-4-8-15(14)19(18)20-22-17-10-6-5-9-16(17)21(24)23-20/h3-12,20,22H,2,13H2,1H3,(H,23,24). The summed E-state index contributed by atoms with van der Waals surface area (Å²) in [6, 6.07) is 19.8. The minimum atomic E-state index is -0.333. The first-order chi connectivity index (χ1) is 12.3. The minimum absolute atomic E-state index is 0.0753. The molecule has 4 nitrogen and oxygen atoms in total. The van der Waals surface area contributed by atoms with Crippen LogP contribution in [0.3, 0.4) is 0 Å². The molecule has 0 saturated heterocycles. The Bertz CT molecular complexity index is 936. The molecule has 1 unspecified atom stereocenters. The zero-order chi connectivity index (χ0) is 17.2. The molecule has 25 heavy (non-hydrogen) atoms. The highest BCUT2D eigenvalue weighted by Crippen LogP contribution is 2.36. The van der Waals surface area contributed by atoms with Gasteiger partial charge in [-0.15, -0.1) is 0 Å². The van der Waals surface area contributed by atoms with Crippen LogP contribution in [0.2, 0.25) is 0 Å². The third-order valence-electron chi connectivity index (χ3n) is 4.43. The summed E-state index contributed by atoms with van der Waals surface area (Å²) in [5, 5.41) is 8.71. The van der Waals surface area contributed by atoms with Crippen LogP contribution in [-0.2, 0) is 0 Å². The fraction of sp³-hybridized carbons (Fsp3) is 0.190. The van der Waals surface area contributed by atoms with Gasteiger partial charge in [0.15, 0.2) is 0 Å². The van der Waals surface area contributed by atoms with Crippen LogP contribution in [0, 0.1) is 0 Å². The number of carbonyl (C=O) groups excluding carboxylic acids is 1. The maximum atomic E-state index is 12.5. The molecule has 1 aliphatic heterocycles. The number of amides is 1. The molecule has 0 saturated carbocycles. The predicted molar refractivity (Wildman–Crippen MR) is 100 cm³/mol. The molecule has 0 fully saturated rings. The molecule has 0 aromatic heterocycles. The molecule has 0 aliphatic carbocycles. The van der Waals surface area contributed by atoms with Crippen LogP contribution in [0.25, 0.3) is 10.8 Å². The van der Waals surface area contributed by atoms with Gasteiger partial charge in [-0.2, -0.15) is 0 Å². The summed E-state index contributed by atoms with van der Waals surface area (Å²) in [4.78, 5) is 12.5. The molecule has 4 rings (SSSR count). The zero-order valence-electron chi connectivity index (χ0n) is 14.1. The molecule has 0 radical (unpaired) electrons. The highest BCUT2D eigenvalue weighted by atomic mass is 16.5. The second-order valence-corrected chi connectivity index (χ2v) is 6.14. The Kier molecular flexibility index (Phi) is 4.02. The van der Waals surface area contributed by atoms with E-state index in [4.69, 9.17) is 4.74 Å². The summed E-state index contributed by atoms with van der Waals surface area (Å²) < 4.78 is 5.98. The maximum absolute atomic E-state index is 12.5. The zero-order valence-corrected chi connectivity index (χ0v) is 14.1. The summed E-state index contributed by atoms with van der Waals surface area (Å²) in [5.41, 5.74) is 2.47. The lowest BCUT2D eigenvalue weighted by Crippen LogP contribution is -2.38. The number of hydrogen-bond donors (Lipinski definition) is 2. The van der Waals surface area contributed by atoms with Crippen LogP contribution >= 0.6 is 0 Å². The number of hydrogen-bond acceptors (Lipinski definition) is 3. The van der Waals surface area contributed by atoms with Crippen LogP contribution in [-0.4, -0.2) is 12.5 Å². The van der Waals surface area contributed by atoms with Gasteiger partial charge >= 0.3 is 0 Å². The number of anilines is 1. The van der Waals surface area contributed by atoms with Crippen molar-refractivity contribution in [3.05, 3.63) is 71.8 Å². The van der Waals surface area contributed by atoms with Crippen molar-refractivity contribution in [2.45, 2.75) is 19.5 Å². The maximum Gasteiger partial charge on any atom is 0.255 e. The molecule has 1 amide bonds. The fourth-order valence-corrected chi connectivity index (χ4v) is 3.26. The smallest absolute Gasteiger partial charge is 0.255 e. The van der Waals surface area contributed by atoms with Crippen molar-refractivity contribution in [1.29, 1.82) is 0 Å². The lowest BCUT2D eigenvalue weighted by molar-refractivity contribution is 0.0935.